The molecule has 2 aromatic carbocycles. The van der Waals surface area contributed by atoms with E-state index in [1.54, 1.807) is 0 Å². The summed E-state index contributed by atoms with van der Waals surface area (Å²) >= 11 is 6.73. The SMILES string of the molecule is CCc1c(-c2c(C)ccc3[nH]ccc23)[nH]c(C)c1-c1c(Cl)ccc2[nH]ccc12. The molecule has 5 aromatic rings. The van der Waals surface area contributed by atoms with Crippen molar-refractivity contribution in [1.82, 2.24) is 15.0 Å². The van der Waals surface area contributed by atoms with Crippen LogP contribution in [0.5, 0.6) is 0 Å². The van der Waals surface area contributed by atoms with Gasteiger partial charge in [-0.2, -0.15) is 0 Å². The van der Waals surface area contributed by atoms with E-state index in [9.17, 15) is 0 Å². The second kappa shape index (κ2) is 6.32. The van der Waals surface area contributed by atoms with Gasteiger partial charge in [0.05, 0.1) is 5.69 Å². The van der Waals surface area contributed by atoms with Gasteiger partial charge in [-0.25, -0.2) is 0 Å². The lowest BCUT2D eigenvalue weighted by Gasteiger charge is -2.12. The Morgan fingerprint density at radius 2 is 1.43 bits per heavy atom. The Balaban J connectivity index is 1.87. The van der Waals surface area contributed by atoms with Crippen molar-refractivity contribution in [2.24, 2.45) is 0 Å². The second-order valence-electron chi connectivity index (χ2n) is 7.39. The number of fused-ring (bicyclic) bond motifs is 2. The Labute approximate surface area is 168 Å². The highest BCUT2D eigenvalue weighted by Crippen LogP contribution is 2.44. The first kappa shape index (κ1) is 17.2. The fourth-order valence-corrected chi connectivity index (χ4v) is 4.78. The van der Waals surface area contributed by atoms with E-state index in [0.29, 0.717) is 0 Å². The lowest BCUT2D eigenvalue weighted by Crippen LogP contribution is -1.91. The molecule has 0 fully saturated rings. The summed E-state index contributed by atoms with van der Waals surface area (Å²) < 4.78 is 0. The maximum absolute atomic E-state index is 6.73. The van der Waals surface area contributed by atoms with Crippen molar-refractivity contribution in [3.8, 4) is 22.4 Å². The summed E-state index contributed by atoms with van der Waals surface area (Å²) in [6.45, 7) is 6.54. The van der Waals surface area contributed by atoms with Crippen LogP contribution in [0.4, 0.5) is 0 Å². The van der Waals surface area contributed by atoms with E-state index < -0.39 is 0 Å². The maximum Gasteiger partial charge on any atom is 0.0504 e. The van der Waals surface area contributed by atoms with Gasteiger partial charge in [0.15, 0.2) is 0 Å². The van der Waals surface area contributed by atoms with E-state index >= 15 is 0 Å². The molecule has 3 N–H and O–H groups in total. The molecule has 0 saturated heterocycles. The van der Waals surface area contributed by atoms with Gasteiger partial charge >= 0.3 is 0 Å². The van der Waals surface area contributed by atoms with Crippen molar-refractivity contribution in [2.45, 2.75) is 27.2 Å². The highest BCUT2D eigenvalue weighted by molar-refractivity contribution is 6.35. The lowest BCUT2D eigenvalue weighted by molar-refractivity contribution is 1.15. The first-order chi connectivity index (χ1) is 13.6. The van der Waals surface area contributed by atoms with Crippen LogP contribution in [-0.2, 0) is 6.42 Å². The van der Waals surface area contributed by atoms with E-state index in [-0.39, 0.29) is 0 Å². The molecule has 28 heavy (non-hydrogen) atoms. The summed E-state index contributed by atoms with van der Waals surface area (Å²) in [4.78, 5) is 10.4. The predicted molar refractivity (Wildman–Crippen MR) is 119 cm³/mol. The van der Waals surface area contributed by atoms with Crippen LogP contribution in [0.2, 0.25) is 5.02 Å². The van der Waals surface area contributed by atoms with Crippen LogP contribution in [0.3, 0.4) is 0 Å². The average Bonchev–Trinajstić information content (AvgIpc) is 3.40. The first-order valence-electron chi connectivity index (χ1n) is 9.64. The van der Waals surface area contributed by atoms with E-state index in [2.05, 4.69) is 60.0 Å². The minimum absolute atomic E-state index is 0.784. The van der Waals surface area contributed by atoms with Crippen molar-refractivity contribution in [3.05, 3.63) is 70.6 Å². The molecule has 0 saturated carbocycles. The highest BCUT2D eigenvalue weighted by atomic mass is 35.5. The largest absolute Gasteiger partial charge is 0.361 e. The number of H-pyrrole nitrogens is 3. The molecule has 0 radical (unpaired) electrons. The molecule has 0 aliphatic heterocycles. The quantitative estimate of drug-likeness (QED) is 0.294. The van der Waals surface area contributed by atoms with Crippen LogP contribution in [0.1, 0.15) is 23.7 Å². The topological polar surface area (TPSA) is 47.4 Å². The number of aromatic amines is 3. The molecule has 3 heterocycles. The Morgan fingerprint density at radius 3 is 2.11 bits per heavy atom. The average molecular weight is 388 g/mol. The van der Waals surface area contributed by atoms with Gasteiger partial charge in [0.1, 0.15) is 0 Å². The first-order valence-corrected chi connectivity index (χ1v) is 10.0. The summed E-state index contributed by atoms with van der Waals surface area (Å²) in [5, 5.41) is 3.19. The Kier molecular flexibility index (Phi) is 3.88. The number of benzene rings is 2. The molecule has 0 aliphatic carbocycles. The number of nitrogens with one attached hydrogen (secondary N) is 3. The molecular formula is C24H22ClN3. The third kappa shape index (κ3) is 2.36. The minimum Gasteiger partial charge on any atom is -0.361 e. The lowest BCUT2D eigenvalue weighted by atomic mass is 9.92. The Bertz CT molecular complexity index is 1330. The molecule has 3 aromatic heterocycles. The van der Waals surface area contributed by atoms with Gasteiger partial charge in [0, 0.05) is 61.6 Å². The van der Waals surface area contributed by atoms with E-state index in [1.165, 1.54) is 33.3 Å². The van der Waals surface area contributed by atoms with Gasteiger partial charge < -0.3 is 15.0 Å². The van der Waals surface area contributed by atoms with Crippen LogP contribution >= 0.6 is 11.6 Å². The molecule has 0 aliphatic rings. The molecule has 0 amide bonds. The normalized spacial score (nSPS) is 11.7. The van der Waals surface area contributed by atoms with Gasteiger partial charge in [0.25, 0.3) is 0 Å². The summed E-state index contributed by atoms with van der Waals surface area (Å²) in [5.41, 5.74) is 10.8. The number of halogens is 1. The van der Waals surface area contributed by atoms with E-state index in [1.807, 2.05) is 24.5 Å². The van der Waals surface area contributed by atoms with Gasteiger partial charge in [-0.15, -0.1) is 0 Å². The number of hydrogen-bond donors (Lipinski definition) is 3. The molecule has 5 rings (SSSR count). The van der Waals surface area contributed by atoms with Gasteiger partial charge in [0.2, 0.25) is 0 Å². The fraction of sp³-hybridized carbons (Fsp3) is 0.167. The van der Waals surface area contributed by atoms with Crippen LogP contribution in [0.15, 0.2) is 48.8 Å². The van der Waals surface area contributed by atoms with Crippen molar-refractivity contribution >= 4 is 33.4 Å². The number of rotatable bonds is 3. The van der Waals surface area contributed by atoms with Crippen LogP contribution < -0.4 is 0 Å². The van der Waals surface area contributed by atoms with Crippen LogP contribution in [-0.4, -0.2) is 15.0 Å². The molecule has 140 valence electrons. The number of aryl methyl sites for hydroxylation is 2. The van der Waals surface area contributed by atoms with Crippen molar-refractivity contribution in [3.63, 3.8) is 0 Å². The van der Waals surface area contributed by atoms with Crippen molar-refractivity contribution < 1.29 is 0 Å². The van der Waals surface area contributed by atoms with Crippen LogP contribution in [0.25, 0.3) is 44.2 Å². The van der Waals surface area contributed by atoms with Crippen molar-refractivity contribution in [2.75, 3.05) is 0 Å². The zero-order valence-electron chi connectivity index (χ0n) is 16.2. The van der Waals surface area contributed by atoms with E-state index in [0.717, 1.165) is 39.1 Å². The molecule has 0 unspecified atom stereocenters. The second-order valence-corrected chi connectivity index (χ2v) is 7.80. The zero-order valence-corrected chi connectivity index (χ0v) is 17.0. The van der Waals surface area contributed by atoms with Crippen LogP contribution in [0, 0.1) is 13.8 Å². The fourth-order valence-electron chi connectivity index (χ4n) is 4.52. The maximum atomic E-state index is 6.73. The Morgan fingerprint density at radius 1 is 0.786 bits per heavy atom. The van der Waals surface area contributed by atoms with Gasteiger partial charge in [-0.05, 0) is 61.7 Å². The predicted octanol–water partition coefficient (Wildman–Crippen LogP) is 7.14. The summed E-state index contributed by atoms with van der Waals surface area (Å²) in [6, 6.07) is 12.6. The Hall–Kier alpha value is -2.91. The standard InChI is InChI=1S/C24H22ClN3/c1-4-15-22(23-17-10-12-27-20(17)8-6-18(23)25)14(3)28-24(15)21-13(2)5-7-19-16(21)9-11-26-19/h5-12,26-28H,4H2,1-3H3. The smallest absolute Gasteiger partial charge is 0.0504 e. The third-order valence-corrected chi connectivity index (χ3v) is 6.09. The summed E-state index contributed by atoms with van der Waals surface area (Å²) in [5.74, 6) is 0. The molecule has 0 bridgehead atoms. The van der Waals surface area contributed by atoms with E-state index in [4.69, 9.17) is 11.6 Å². The molecule has 4 heteroatoms. The zero-order chi connectivity index (χ0) is 19.4. The molecule has 0 atom stereocenters. The number of aromatic nitrogens is 3. The summed E-state index contributed by atoms with van der Waals surface area (Å²) in [7, 11) is 0. The third-order valence-electron chi connectivity index (χ3n) is 5.77. The number of hydrogen-bond acceptors (Lipinski definition) is 0. The summed E-state index contributed by atoms with van der Waals surface area (Å²) in [6.07, 6.45) is 4.91. The molecule has 3 nitrogen and oxygen atoms in total. The molecule has 0 spiro atoms. The minimum atomic E-state index is 0.784. The van der Waals surface area contributed by atoms with Gasteiger partial charge in [-0.1, -0.05) is 24.6 Å². The van der Waals surface area contributed by atoms with Gasteiger partial charge in [-0.3, -0.25) is 0 Å². The highest BCUT2D eigenvalue weighted by Gasteiger charge is 2.22. The molecular weight excluding hydrogens is 366 g/mol. The van der Waals surface area contributed by atoms with Crippen molar-refractivity contribution in [1.29, 1.82) is 0 Å². The monoisotopic (exact) mass is 387 g/mol.